The molecule has 1 N–H and O–H groups in total. The van der Waals surface area contributed by atoms with Crippen molar-refractivity contribution in [1.29, 1.82) is 0 Å². The first-order valence-electron chi connectivity index (χ1n) is 9.87. The molecule has 1 aromatic carbocycles. The van der Waals surface area contributed by atoms with Crippen LogP contribution in [0.15, 0.2) is 48.8 Å². The fourth-order valence-corrected chi connectivity index (χ4v) is 6.36. The van der Waals surface area contributed by atoms with Gasteiger partial charge in [-0.3, -0.25) is 9.78 Å². The van der Waals surface area contributed by atoms with Crippen molar-refractivity contribution in [3.8, 4) is 11.5 Å². The number of carbonyl (C=O) groups is 2. The van der Waals surface area contributed by atoms with Crippen molar-refractivity contribution >= 4 is 38.1 Å². The summed E-state index contributed by atoms with van der Waals surface area (Å²) in [6.07, 6.45) is 3.44. The first-order chi connectivity index (χ1) is 15.4. The number of thiophene rings is 1. The van der Waals surface area contributed by atoms with E-state index in [0.717, 1.165) is 11.3 Å². The summed E-state index contributed by atoms with van der Waals surface area (Å²) >= 11 is 1.10. The number of hydrogen-bond acceptors (Lipinski definition) is 8. The van der Waals surface area contributed by atoms with E-state index in [1.165, 1.54) is 0 Å². The van der Waals surface area contributed by atoms with Crippen molar-refractivity contribution in [2.45, 2.75) is 19.1 Å². The SMILES string of the molecule is CCOC(=O)c1c(NC(=O)c2ccc(Oc3cccnc3)cc2)sc2c1CCS(=O)(=O)C2. The van der Waals surface area contributed by atoms with Crippen LogP contribution in [-0.2, 0) is 26.7 Å². The Balaban J connectivity index is 1.56. The molecule has 0 fully saturated rings. The second-order valence-electron chi connectivity index (χ2n) is 7.04. The standard InChI is InChI=1S/C22H20N2O6S2/c1-2-29-22(26)19-17-9-11-32(27,28)13-18(17)31-21(19)24-20(25)14-5-7-15(8-6-14)30-16-4-3-10-23-12-16/h3-8,10,12H,2,9,11,13H2,1H3,(H,24,25). The van der Waals surface area contributed by atoms with Crippen LogP contribution in [0.25, 0.3) is 0 Å². The van der Waals surface area contributed by atoms with Crippen LogP contribution in [0, 0.1) is 0 Å². The highest BCUT2D eigenvalue weighted by Crippen LogP contribution is 2.38. The van der Waals surface area contributed by atoms with Gasteiger partial charge < -0.3 is 14.8 Å². The molecule has 0 atom stereocenters. The minimum Gasteiger partial charge on any atom is -0.462 e. The molecule has 1 aliphatic heterocycles. The van der Waals surface area contributed by atoms with Gasteiger partial charge in [0.05, 0.1) is 29.9 Å². The van der Waals surface area contributed by atoms with Crippen LogP contribution < -0.4 is 10.1 Å². The molecule has 4 rings (SSSR count). The van der Waals surface area contributed by atoms with E-state index in [0.29, 0.717) is 32.5 Å². The summed E-state index contributed by atoms with van der Waals surface area (Å²) in [4.78, 5) is 29.9. The number of carbonyl (C=O) groups excluding carboxylic acids is 2. The monoisotopic (exact) mass is 472 g/mol. The third-order valence-corrected chi connectivity index (χ3v) is 7.68. The highest BCUT2D eigenvalue weighted by molar-refractivity contribution is 7.90. The Morgan fingerprint density at radius 2 is 1.94 bits per heavy atom. The number of aromatic nitrogens is 1. The van der Waals surface area contributed by atoms with Gasteiger partial charge in [0.25, 0.3) is 5.91 Å². The van der Waals surface area contributed by atoms with E-state index < -0.39 is 21.7 Å². The fraction of sp³-hybridized carbons (Fsp3) is 0.227. The number of sulfone groups is 1. The van der Waals surface area contributed by atoms with Crippen LogP contribution in [0.2, 0.25) is 0 Å². The molecule has 166 valence electrons. The van der Waals surface area contributed by atoms with Gasteiger partial charge in [0.2, 0.25) is 0 Å². The smallest absolute Gasteiger partial charge is 0.341 e. The van der Waals surface area contributed by atoms with E-state index in [1.807, 2.05) is 0 Å². The van der Waals surface area contributed by atoms with Gasteiger partial charge in [-0.2, -0.15) is 0 Å². The molecule has 3 aromatic rings. The van der Waals surface area contributed by atoms with Crippen LogP contribution in [0.1, 0.15) is 38.1 Å². The quantitative estimate of drug-likeness (QED) is 0.543. The number of benzene rings is 1. The van der Waals surface area contributed by atoms with Gasteiger partial charge in [0, 0.05) is 16.6 Å². The normalized spacial score (nSPS) is 14.3. The number of nitrogens with one attached hydrogen (secondary N) is 1. The summed E-state index contributed by atoms with van der Waals surface area (Å²) in [6, 6.07) is 10.0. The molecule has 0 saturated carbocycles. The Bertz CT molecular complexity index is 1250. The molecule has 0 radical (unpaired) electrons. The maximum absolute atomic E-state index is 12.8. The van der Waals surface area contributed by atoms with Crippen molar-refractivity contribution in [2.24, 2.45) is 0 Å². The molecule has 0 bridgehead atoms. The molecule has 3 heterocycles. The fourth-order valence-electron chi connectivity index (χ4n) is 3.32. The second kappa shape index (κ2) is 9.09. The predicted octanol–water partition coefficient (Wildman–Crippen LogP) is 3.84. The lowest BCUT2D eigenvalue weighted by molar-refractivity contribution is 0.0527. The predicted molar refractivity (Wildman–Crippen MR) is 120 cm³/mol. The van der Waals surface area contributed by atoms with Crippen LogP contribution in [0.5, 0.6) is 11.5 Å². The molecule has 32 heavy (non-hydrogen) atoms. The first kappa shape index (κ1) is 22.0. The van der Waals surface area contributed by atoms with Gasteiger partial charge >= 0.3 is 5.97 Å². The van der Waals surface area contributed by atoms with Gasteiger partial charge in [-0.15, -0.1) is 11.3 Å². The summed E-state index contributed by atoms with van der Waals surface area (Å²) < 4.78 is 34.9. The van der Waals surface area contributed by atoms with Gasteiger partial charge in [-0.25, -0.2) is 13.2 Å². The van der Waals surface area contributed by atoms with Gasteiger partial charge in [-0.05, 0) is 55.3 Å². The van der Waals surface area contributed by atoms with Gasteiger partial charge in [0.1, 0.15) is 16.5 Å². The summed E-state index contributed by atoms with van der Waals surface area (Å²) in [5, 5.41) is 3.05. The molecule has 0 unspecified atom stereocenters. The third-order valence-electron chi connectivity index (χ3n) is 4.80. The van der Waals surface area contributed by atoms with Crippen LogP contribution in [0.4, 0.5) is 5.00 Å². The zero-order valence-corrected chi connectivity index (χ0v) is 18.8. The molecule has 0 aliphatic carbocycles. The van der Waals surface area contributed by atoms with Gasteiger partial charge in [0.15, 0.2) is 9.84 Å². The average molecular weight is 473 g/mol. The van der Waals surface area contributed by atoms with Crippen molar-refractivity contribution in [1.82, 2.24) is 4.98 Å². The average Bonchev–Trinajstić information content (AvgIpc) is 3.10. The van der Waals surface area contributed by atoms with Crippen LogP contribution >= 0.6 is 11.3 Å². The molecule has 1 amide bonds. The van der Waals surface area contributed by atoms with Crippen molar-refractivity contribution < 1.29 is 27.5 Å². The van der Waals surface area contributed by atoms with Crippen molar-refractivity contribution in [3.05, 3.63) is 70.4 Å². The number of ether oxygens (including phenoxy) is 2. The number of amides is 1. The molecular formula is C22H20N2O6S2. The largest absolute Gasteiger partial charge is 0.462 e. The highest BCUT2D eigenvalue weighted by Gasteiger charge is 2.32. The lowest BCUT2D eigenvalue weighted by atomic mass is 10.1. The van der Waals surface area contributed by atoms with E-state index >= 15 is 0 Å². The summed E-state index contributed by atoms with van der Waals surface area (Å²) in [7, 11) is -3.22. The summed E-state index contributed by atoms with van der Waals surface area (Å²) in [5.41, 5.74) is 1.24. The van der Waals surface area contributed by atoms with E-state index in [4.69, 9.17) is 9.47 Å². The number of esters is 1. The number of anilines is 1. The third kappa shape index (κ3) is 4.81. The molecule has 8 nitrogen and oxygen atoms in total. The summed E-state index contributed by atoms with van der Waals surface area (Å²) in [5.74, 6) is -0.0592. The Labute approximate surface area is 189 Å². The minimum atomic E-state index is -3.22. The molecule has 0 spiro atoms. The van der Waals surface area contributed by atoms with Crippen molar-refractivity contribution in [3.63, 3.8) is 0 Å². The Morgan fingerprint density at radius 3 is 2.62 bits per heavy atom. The van der Waals surface area contributed by atoms with Gasteiger partial charge in [-0.1, -0.05) is 0 Å². The van der Waals surface area contributed by atoms with Crippen molar-refractivity contribution in [2.75, 3.05) is 17.7 Å². The Hall–Kier alpha value is -3.24. The molecule has 10 heteroatoms. The zero-order valence-electron chi connectivity index (χ0n) is 17.2. The van der Waals surface area contributed by atoms with E-state index in [2.05, 4.69) is 10.3 Å². The molecule has 1 aliphatic rings. The highest BCUT2D eigenvalue weighted by atomic mass is 32.2. The van der Waals surface area contributed by atoms with Crippen LogP contribution in [0.3, 0.4) is 0 Å². The first-order valence-corrected chi connectivity index (χ1v) is 12.5. The van der Waals surface area contributed by atoms with E-state index in [9.17, 15) is 18.0 Å². The maximum atomic E-state index is 12.8. The summed E-state index contributed by atoms with van der Waals surface area (Å²) in [6.45, 7) is 1.86. The topological polar surface area (TPSA) is 112 Å². The zero-order chi connectivity index (χ0) is 22.7. The molecule has 0 saturated heterocycles. The van der Waals surface area contributed by atoms with Crippen LogP contribution in [-0.4, -0.2) is 37.6 Å². The number of nitrogens with zero attached hydrogens (tertiary/aromatic N) is 1. The molecular weight excluding hydrogens is 452 g/mol. The Kier molecular flexibility index (Phi) is 6.24. The Morgan fingerprint density at radius 1 is 1.16 bits per heavy atom. The minimum absolute atomic E-state index is 0.0328. The maximum Gasteiger partial charge on any atom is 0.341 e. The van der Waals surface area contributed by atoms with E-state index in [1.54, 1.807) is 55.7 Å². The molecule has 2 aromatic heterocycles. The lowest BCUT2D eigenvalue weighted by Gasteiger charge is -2.13. The number of fused-ring (bicyclic) bond motifs is 1. The van der Waals surface area contributed by atoms with E-state index in [-0.39, 0.29) is 30.1 Å². The number of hydrogen-bond donors (Lipinski definition) is 1. The lowest BCUT2D eigenvalue weighted by Crippen LogP contribution is -2.20. The number of rotatable bonds is 6. The second-order valence-corrected chi connectivity index (χ2v) is 10.3. The number of pyridine rings is 1.